The second-order valence-electron chi connectivity index (χ2n) is 6.71. The Bertz CT molecular complexity index is 548. The van der Waals surface area contributed by atoms with Gasteiger partial charge < -0.3 is 19.7 Å². The average Bonchev–Trinajstić information content (AvgIpc) is 2.64. The second kappa shape index (κ2) is 10.3. The van der Waals surface area contributed by atoms with E-state index in [0.717, 1.165) is 69.0 Å². The number of carbonyl (C=O) groups excluding carboxylic acids is 1. The Morgan fingerprint density at radius 1 is 1.36 bits per heavy atom. The molecule has 0 unspecified atom stereocenters. The summed E-state index contributed by atoms with van der Waals surface area (Å²) in [6.07, 6.45) is 3.19. The first-order chi connectivity index (χ1) is 12.1. The average molecular weight is 348 g/mol. The molecule has 5 nitrogen and oxygen atoms in total. The van der Waals surface area contributed by atoms with Crippen molar-refractivity contribution in [3.8, 4) is 5.75 Å². The smallest absolute Gasteiger partial charge is 0.317 e. The summed E-state index contributed by atoms with van der Waals surface area (Å²) in [5.74, 6) is 1.35. The number of piperidine rings is 1. The standard InChI is InChI=1S/C20H32N2O3/c1-4-11-25-19-9-8-18(16(3)12-19)13-21-20(23)22-10-6-7-17(14-22)15-24-5-2/h8-9,12,17H,4-7,10-11,13-15H2,1-3H3,(H,21,23)/t17-/m1/s1. The van der Waals surface area contributed by atoms with Crippen molar-refractivity contribution in [1.82, 2.24) is 10.2 Å². The SMILES string of the molecule is CCCOc1ccc(CNC(=O)N2CCC[C@@H](COCC)C2)c(C)c1. The molecule has 1 aromatic carbocycles. The Morgan fingerprint density at radius 3 is 2.92 bits per heavy atom. The molecule has 0 aliphatic carbocycles. The lowest BCUT2D eigenvalue weighted by Crippen LogP contribution is -2.46. The highest BCUT2D eigenvalue weighted by molar-refractivity contribution is 5.74. The molecule has 0 radical (unpaired) electrons. The molecule has 1 fully saturated rings. The van der Waals surface area contributed by atoms with Crippen LogP contribution in [0.4, 0.5) is 4.79 Å². The number of urea groups is 1. The number of benzene rings is 1. The third kappa shape index (κ3) is 6.24. The Morgan fingerprint density at radius 2 is 2.20 bits per heavy atom. The van der Waals surface area contributed by atoms with Gasteiger partial charge in [-0.05, 0) is 56.4 Å². The molecule has 1 aromatic rings. The highest BCUT2D eigenvalue weighted by Gasteiger charge is 2.23. The fraction of sp³-hybridized carbons (Fsp3) is 0.650. The lowest BCUT2D eigenvalue weighted by molar-refractivity contribution is 0.0756. The Labute approximate surface area is 151 Å². The predicted molar refractivity (Wildman–Crippen MR) is 100.0 cm³/mol. The number of likely N-dealkylation sites (tertiary alicyclic amines) is 1. The number of nitrogens with one attached hydrogen (secondary N) is 1. The summed E-state index contributed by atoms with van der Waals surface area (Å²) < 4.78 is 11.2. The minimum atomic E-state index is 0.0203. The quantitative estimate of drug-likeness (QED) is 0.778. The summed E-state index contributed by atoms with van der Waals surface area (Å²) in [6, 6.07) is 6.07. The number of nitrogens with zero attached hydrogens (tertiary/aromatic N) is 1. The normalized spacial score (nSPS) is 17.4. The zero-order valence-electron chi connectivity index (χ0n) is 15.8. The molecule has 2 rings (SSSR count). The van der Waals surface area contributed by atoms with Gasteiger partial charge >= 0.3 is 6.03 Å². The van der Waals surface area contributed by atoms with Crippen LogP contribution >= 0.6 is 0 Å². The van der Waals surface area contributed by atoms with Crippen molar-refractivity contribution in [1.29, 1.82) is 0 Å². The molecular weight excluding hydrogens is 316 g/mol. The molecule has 25 heavy (non-hydrogen) atoms. The summed E-state index contributed by atoms with van der Waals surface area (Å²) in [5.41, 5.74) is 2.27. The highest BCUT2D eigenvalue weighted by Crippen LogP contribution is 2.19. The maximum atomic E-state index is 12.5. The van der Waals surface area contributed by atoms with E-state index in [0.29, 0.717) is 12.5 Å². The van der Waals surface area contributed by atoms with E-state index in [2.05, 4.69) is 19.2 Å². The van der Waals surface area contributed by atoms with Crippen molar-refractivity contribution in [2.45, 2.75) is 46.6 Å². The number of aryl methyl sites for hydroxylation is 1. The maximum Gasteiger partial charge on any atom is 0.317 e. The van der Waals surface area contributed by atoms with Gasteiger partial charge in [0, 0.05) is 32.2 Å². The number of rotatable bonds is 8. The summed E-state index contributed by atoms with van der Waals surface area (Å²) in [5, 5.41) is 3.05. The van der Waals surface area contributed by atoms with E-state index in [1.165, 1.54) is 0 Å². The van der Waals surface area contributed by atoms with Crippen LogP contribution in [0.15, 0.2) is 18.2 Å². The van der Waals surface area contributed by atoms with Crippen LogP contribution in [-0.2, 0) is 11.3 Å². The molecule has 0 saturated carbocycles. The minimum Gasteiger partial charge on any atom is -0.494 e. The monoisotopic (exact) mass is 348 g/mol. The van der Waals surface area contributed by atoms with Crippen LogP contribution in [-0.4, -0.2) is 43.8 Å². The van der Waals surface area contributed by atoms with Gasteiger partial charge in [-0.1, -0.05) is 13.0 Å². The molecule has 140 valence electrons. The van der Waals surface area contributed by atoms with Crippen LogP contribution in [0.2, 0.25) is 0 Å². The van der Waals surface area contributed by atoms with E-state index in [4.69, 9.17) is 9.47 Å². The second-order valence-corrected chi connectivity index (χ2v) is 6.71. The number of hydrogen-bond donors (Lipinski definition) is 1. The van der Waals surface area contributed by atoms with E-state index < -0.39 is 0 Å². The lowest BCUT2D eigenvalue weighted by atomic mass is 9.99. The third-order valence-electron chi connectivity index (χ3n) is 4.58. The fourth-order valence-electron chi connectivity index (χ4n) is 3.13. The van der Waals surface area contributed by atoms with E-state index in [1.807, 2.05) is 30.0 Å². The van der Waals surface area contributed by atoms with Gasteiger partial charge in [-0.2, -0.15) is 0 Å². The van der Waals surface area contributed by atoms with Crippen molar-refractivity contribution in [3.63, 3.8) is 0 Å². The predicted octanol–water partition coefficient (Wildman–Crippen LogP) is 3.74. The molecular formula is C20H32N2O3. The molecule has 1 N–H and O–H groups in total. The van der Waals surface area contributed by atoms with Gasteiger partial charge in [0.25, 0.3) is 0 Å². The molecule has 0 aromatic heterocycles. The Balaban J connectivity index is 1.82. The van der Waals surface area contributed by atoms with Crippen molar-refractivity contribution in [2.75, 3.05) is 32.9 Å². The molecule has 1 saturated heterocycles. The van der Waals surface area contributed by atoms with Crippen LogP contribution in [0.3, 0.4) is 0 Å². The summed E-state index contributed by atoms with van der Waals surface area (Å²) in [7, 11) is 0. The number of carbonyl (C=O) groups is 1. The summed E-state index contributed by atoms with van der Waals surface area (Å²) >= 11 is 0. The number of ether oxygens (including phenoxy) is 2. The van der Waals surface area contributed by atoms with Gasteiger partial charge in [0.1, 0.15) is 5.75 Å². The zero-order chi connectivity index (χ0) is 18.1. The Hall–Kier alpha value is -1.75. The van der Waals surface area contributed by atoms with Crippen molar-refractivity contribution < 1.29 is 14.3 Å². The first kappa shape index (κ1) is 19.6. The summed E-state index contributed by atoms with van der Waals surface area (Å²) in [4.78, 5) is 14.4. The van der Waals surface area contributed by atoms with Crippen molar-refractivity contribution >= 4 is 6.03 Å². The van der Waals surface area contributed by atoms with Crippen molar-refractivity contribution in [2.24, 2.45) is 5.92 Å². The molecule has 1 atom stereocenters. The van der Waals surface area contributed by atoms with Crippen LogP contribution in [0.1, 0.15) is 44.2 Å². The maximum absolute atomic E-state index is 12.5. The van der Waals surface area contributed by atoms with Gasteiger partial charge in [0.2, 0.25) is 0 Å². The number of hydrogen-bond acceptors (Lipinski definition) is 3. The molecule has 0 spiro atoms. The third-order valence-corrected chi connectivity index (χ3v) is 4.58. The van der Waals surface area contributed by atoms with Crippen molar-refractivity contribution in [3.05, 3.63) is 29.3 Å². The van der Waals surface area contributed by atoms with E-state index in [9.17, 15) is 4.79 Å². The van der Waals surface area contributed by atoms with E-state index in [1.54, 1.807) is 0 Å². The molecule has 1 aliphatic rings. The van der Waals surface area contributed by atoms with Gasteiger partial charge in [0.15, 0.2) is 0 Å². The fourth-order valence-corrected chi connectivity index (χ4v) is 3.13. The molecule has 1 aliphatic heterocycles. The molecule has 5 heteroatoms. The largest absolute Gasteiger partial charge is 0.494 e. The first-order valence-corrected chi connectivity index (χ1v) is 9.46. The van der Waals surface area contributed by atoms with Crippen LogP contribution in [0.5, 0.6) is 5.75 Å². The topological polar surface area (TPSA) is 50.8 Å². The minimum absolute atomic E-state index is 0.0203. The van der Waals surface area contributed by atoms with Crippen LogP contribution in [0, 0.1) is 12.8 Å². The van der Waals surface area contributed by atoms with Gasteiger partial charge in [-0.15, -0.1) is 0 Å². The number of amides is 2. The molecule has 2 amide bonds. The lowest BCUT2D eigenvalue weighted by Gasteiger charge is -2.32. The summed E-state index contributed by atoms with van der Waals surface area (Å²) in [6.45, 7) is 10.5. The zero-order valence-corrected chi connectivity index (χ0v) is 15.8. The van der Waals surface area contributed by atoms with Gasteiger partial charge in [0.05, 0.1) is 13.2 Å². The first-order valence-electron chi connectivity index (χ1n) is 9.46. The molecule has 0 bridgehead atoms. The van der Waals surface area contributed by atoms with Crippen LogP contribution in [0.25, 0.3) is 0 Å². The highest BCUT2D eigenvalue weighted by atomic mass is 16.5. The molecule has 1 heterocycles. The van der Waals surface area contributed by atoms with E-state index >= 15 is 0 Å². The Kier molecular flexibility index (Phi) is 8.06. The van der Waals surface area contributed by atoms with Gasteiger partial charge in [-0.25, -0.2) is 4.79 Å². The van der Waals surface area contributed by atoms with Gasteiger partial charge in [-0.3, -0.25) is 0 Å². The van der Waals surface area contributed by atoms with E-state index in [-0.39, 0.29) is 6.03 Å². The van der Waals surface area contributed by atoms with Crippen LogP contribution < -0.4 is 10.1 Å².